The number of hydrogen-bond donors (Lipinski definition) is 0. The van der Waals surface area contributed by atoms with Crippen molar-refractivity contribution in [1.29, 1.82) is 0 Å². The summed E-state index contributed by atoms with van der Waals surface area (Å²) in [6.45, 7) is 3.08. The van der Waals surface area contributed by atoms with Crippen LogP contribution in [0.3, 0.4) is 0 Å². The number of thiophene rings is 1. The van der Waals surface area contributed by atoms with Crippen LogP contribution in [-0.4, -0.2) is 30.5 Å². The quantitative estimate of drug-likeness (QED) is 0.818. The monoisotopic (exact) mass is 315 g/mol. The van der Waals surface area contributed by atoms with E-state index in [0.29, 0.717) is 18.9 Å². The summed E-state index contributed by atoms with van der Waals surface area (Å²) in [7, 11) is 0. The average molecular weight is 315 g/mol. The maximum atomic E-state index is 12.2. The Bertz CT molecular complexity index is 582. The van der Waals surface area contributed by atoms with Gasteiger partial charge in [0.15, 0.2) is 0 Å². The maximum absolute atomic E-state index is 12.2. The van der Waals surface area contributed by atoms with Gasteiger partial charge in [0.25, 0.3) is 0 Å². The number of carbonyl (C=O) groups excluding carboxylic acids is 1. The second kappa shape index (κ2) is 7.56. The van der Waals surface area contributed by atoms with Gasteiger partial charge in [0.2, 0.25) is 5.91 Å². The lowest BCUT2D eigenvalue weighted by molar-refractivity contribution is -0.129. The number of carbonyl (C=O) groups is 1. The molecule has 4 heteroatoms. The topological polar surface area (TPSA) is 29.5 Å². The molecular formula is C18H21NO2S. The van der Waals surface area contributed by atoms with Gasteiger partial charge in [-0.1, -0.05) is 36.4 Å². The van der Waals surface area contributed by atoms with Gasteiger partial charge in [-0.2, -0.15) is 0 Å². The molecule has 0 spiro atoms. The zero-order chi connectivity index (χ0) is 15.2. The molecule has 1 aromatic carbocycles. The molecule has 0 N–H and O–H groups in total. The first kappa shape index (κ1) is 15.3. The van der Waals surface area contributed by atoms with E-state index in [9.17, 15) is 4.79 Å². The van der Waals surface area contributed by atoms with Crippen molar-refractivity contribution in [3.63, 3.8) is 0 Å². The van der Waals surface area contributed by atoms with E-state index in [-0.39, 0.29) is 5.91 Å². The normalized spacial score (nSPS) is 17.8. The Morgan fingerprint density at radius 1 is 1.23 bits per heavy atom. The van der Waals surface area contributed by atoms with Crippen LogP contribution < -0.4 is 0 Å². The average Bonchev–Trinajstić information content (AvgIpc) is 3.20. The highest BCUT2D eigenvalue weighted by Gasteiger charge is 2.26. The van der Waals surface area contributed by atoms with Crippen LogP contribution >= 0.6 is 11.3 Å². The first-order chi connectivity index (χ1) is 10.8. The minimum Gasteiger partial charge on any atom is -0.376 e. The second-order valence-corrected chi connectivity index (χ2v) is 6.78. The molecule has 22 heavy (non-hydrogen) atoms. The summed E-state index contributed by atoms with van der Waals surface area (Å²) < 4.78 is 5.80. The van der Waals surface area contributed by atoms with Gasteiger partial charge in [0.1, 0.15) is 0 Å². The van der Waals surface area contributed by atoms with Gasteiger partial charge in [0.05, 0.1) is 19.6 Å². The smallest absolute Gasteiger partial charge is 0.227 e. The number of benzene rings is 1. The highest BCUT2D eigenvalue weighted by molar-refractivity contribution is 7.10. The van der Waals surface area contributed by atoms with Crippen LogP contribution in [0, 0.1) is 5.92 Å². The largest absolute Gasteiger partial charge is 0.376 e. The van der Waals surface area contributed by atoms with Crippen LogP contribution in [0.15, 0.2) is 47.8 Å². The van der Waals surface area contributed by atoms with Gasteiger partial charge in [0, 0.05) is 23.9 Å². The van der Waals surface area contributed by atoms with E-state index in [0.717, 1.165) is 31.0 Å². The number of amides is 1. The summed E-state index contributed by atoms with van der Waals surface area (Å²) in [6, 6.07) is 14.2. The minimum atomic E-state index is 0.244. The molecule has 3 nitrogen and oxygen atoms in total. The summed E-state index contributed by atoms with van der Waals surface area (Å²) in [5.41, 5.74) is 1.20. The third-order valence-electron chi connectivity index (χ3n) is 4.01. The van der Waals surface area contributed by atoms with Crippen LogP contribution in [0.25, 0.3) is 0 Å². The van der Waals surface area contributed by atoms with Crippen molar-refractivity contribution in [2.75, 3.05) is 19.7 Å². The van der Waals surface area contributed by atoms with Gasteiger partial charge in [-0.25, -0.2) is 0 Å². The standard InChI is InChI=1S/C18H21NO2S/c20-18(11-17-7-4-10-22-17)19-9-8-16(12-19)14-21-13-15-5-2-1-3-6-15/h1-7,10,16H,8-9,11-14H2/t16-/m0/s1. The van der Waals surface area contributed by atoms with E-state index in [1.165, 1.54) is 5.56 Å². The summed E-state index contributed by atoms with van der Waals surface area (Å²) in [6.07, 6.45) is 1.58. The predicted octanol–water partition coefficient (Wildman–Crippen LogP) is 3.36. The maximum Gasteiger partial charge on any atom is 0.227 e. The number of likely N-dealkylation sites (tertiary alicyclic amines) is 1. The van der Waals surface area contributed by atoms with E-state index in [4.69, 9.17) is 4.74 Å². The fourth-order valence-electron chi connectivity index (χ4n) is 2.79. The Hall–Kier alpha value is -1.65. The van der Waals surface area contributed by atoms with Crippen molar-refractivity contribution in [2.45, 2.75) is 19.4 Å². The van der Waals surface area contributed by atoms with Crippen molar-refractivity contribution in [3.8, 4) is 0 Å². The molecular weight excluding hydrogens is 294 g/mol. The fraction of sp³-hybridized carbons (Fsp3) is 0.389. The molecule has 0 saturated carbocycles. The Balaban J connectivity index is 1.39. The van der Waals surface area contributed by atoms with E-state index >= 15 is 0 Å². The zero-order valence-corrected chi connectivity index (χ0v) is 13.4. The lowest BCUT2D eigenvalue weighted by Gasteiger charge is -2.16. The van der Waals surface area contributed by atoms with Gasteiger partial charge >= 0.3 is 0 Å². The zero-order valence-electron chi connectivity index (χ0n) is 12.6. The Kier molecular flexibility index (Phi) is 5.24. The Labute approximate surface area is 135 Å². The van der Waals surface area contributed by atoms with Crippen molar-refractivity contribution < 1.29 is 9.53 Å². The summed E-state index contributed by atoms with van der Waals surface area (Å²) in [5, 5.41) is 2.02. The van der Waals surface area contributed by atoms with Crippen molar-refractivity contribution in [2.24, 2.45) is 5.92 Å². The van der Waals surface area contributed by atoms with Crippen LogP contribution in [0.4, 0.5) is 0 Å². The molecule has 0 unspecified atom stereocenters. The third kappa shape index (κ3) is 4.18. The molecule has 0 bridgehead atoms. The fourth-order valence-corrected chi connectivity index (χ4v) is 3.48. The van der Waals surface area contributed by atoms with Crippen LogP contribution in [0.2, 0.25) is 0 Å². The molecule has 0 radical (unpaired) electrons. The van der Waals surface area contributed by atoms with E-state index < -0.39 is 0 Å². The molecule has 1 fully saturated rings. The molecule has 0 aliphatic carbocycles. The van der Waals surface area contributed by atoms with E-state index in [2.05, 4.69) is 12.1 Å². The Morgan fingerprint density at radius 3 is 2.86 bits per heavy atom. The van der Waals surface area contributed by atoms with Gasteiger partial charge in [-0.15, -0.1) is 11.3 Å². The van der Waals surface area contributed by atoms with E-state index in [1.807, 2.05) is 40.6 Å². The molecule has 1 aliphatic rings. The van der Waals surface area contributed by atoms with Crippen molar-refractivity contribution in [1.82, 2.24) is 4.90 Å². The van der Waals surface area contributed by atoms with Gasteiger partial charge in [-0.05, 0) is 23.4 Å². The van der Waals surface area contributed by atoms with Crippen LogP contribution in [-0.2, 0) is 22.6 Å². The molecule has 2 aromatic rings. The van der Waals surface area contributed by atoms with Gasteiger partial charge in [-0.3, -0.25) is 4.79 Å². The molecule has 1 amide bonds. The molecule has 1 aliphatic heterocycles. The molecule has 1 saturated heterocycles. The number of hydrogen-bond acceptors (Lipinski definition) is 3. The molecule has 1 aromatic heterocycles. The molecule has 116 valence electrons. The lowest BCUT2D eigenvalue weighted by Crippen LogP contribution is -2.30. The highest BCUT2D eigenvalue weighted by atomic mass is 32.1. The third-order valence-corrected chi connectivity index (χ3v) is 4.89. The van der Waals surface area contributed by atoms with Crippen molar-refractivity contribution >= 4 is 17.2 Å². The molecule has 1 atom stereocenters. The van der Waals surface area contributed by atoms with Crippen LogP contribution in [0.5, 0.6) is 0 Å². The van der Waals surface area contributed by atoms with Crippen LogP contribution in [0.1, 0.15) is 16.9 Å². The lowest BCUT2D eigenvalue weighted by atomic mass is 10.1. The number of nitrogens with zero attached hydrogens (tertiary/aromatic N) is 1. The minimum absolute atomic E-state index is 0.244. The first-order valence-electron chi connectivity index (χ1n) is 7.73. The molecule has 2 heterocycles. The summed E-state index contributed by atoms with van der Waals surface area (Å²) in [5.74, 6) is 0.712. The molecule has 3 rings (SSSR count). The SMILES string of the molecule is O=C(Cc1cccs1)N1CC[C@H](COCc2ccccc2)C1. The number of rotatable bonds is 6. The highest BCUT2D eigenvalue weighted by Crippen LogP contribution is 2.19. The summed E-state index contributed by atoms with van der Waals surface area (Å²) >= 11 is 1.65. The predicted molar refractivity (Wildman–Crippen MR) is 88.8 cm³/mol. The Morgan fingerprint density at radius 2 is 2.09 bits per heavy atom. The summed E-state index contributed by atoms with van der Waals surface area (Å²) in [4.78, 5) is 15.4. The number of ether oxygens (including phenoxy) is 1. The second-order valence-electron chi connectivity index (χ2n) is 5.75. The first-order valence-corrected chi connectivity index (χ1v) is 8.61. The van der Waals surface area contributed by atoms with E-state index in [1.54, 1.807) is 11.3 Å². The van der Waals surface area contributed by atoms with Gasteiger partial charge < -0.3 is 9.64 Å². The van der Waals surface area contributed by atoms with Crippen molar-refractivity contribution in [3.05, 3.63) is 58.3 Å².